The summed E-state index contributed by atoms with van der Waals surface area (Å²) in [6, 6.07) is 8.91. The Morgan fingerprint density at radius 2 is 1.73 bits per heavy atom. The molecule has 0 amide bonds. The molecule has 0 spiro atoms. The molecular weight excluding hydrogens is 342 g/mol. The van der Waals surface area contributed by atoms with Crippen LogP contribution >= 0.6 is 11.3 Å². The van der Waals surface area contributed by atoms with Crippen LogP contribution in [0.4, 0.5) is 0 Å². The fraction of sp³-hybridized carbons (Fsp3) is 0.500. The molecule has 5 nitrogen and oxygen atoms in total. The van der Waals surface area contributed by atoms with E-state index < -0.39 is 0 Å². The Morgan fingerprint density at radius 3 is 2.35 bits per heavy atom. The van der Waals surface area contributed by atoms with Gasteiger partial charge in [0.05, 0.1) is 17.2 Å². The molecule has 1 saturated heterocycles. The van der Waals surface area contributed by atoms with Crippen molar-refractivity contribution in [2.24, 2.45) is 4.99 Å². The topological polar surface area (TPSA) is 52.6 Å². The summed E-state index contributed by atoms with van der Waals surface area (Å²) in [6.07, 6.45) is 2.68. The summed E-state index contributed by atoms with van der Waals surface area (Å²) in [5.41, 5.74) is 3.76. The van der Waals surface area contributed by atoms with Crippen molar-refractivity contribution in [2.45, 2.75) is 46.3 Å². The number of aliphatic imine (C=N–C) groups is 1. The van der Waals surface area contributed by atoms with Gasteiger partial charge >= 0.3 is 0 Å². The quantitative estimate of drug-likeness (QED) is 0.605. The fourth-order valence-electron chi connectivity index (χ4n) is 3.27. The van der Waals surface area contributed by atoms with Gasteiger partial charge in [0, 0.05) is 25.0 Å². The summed E-state index contributed by atoms with van der Waals surface area (Å²) in [4.78, 5) is 12.6. The molecule has 0 atom stereocenters. The van der Waals surface area contributed by atoms with Crippen molar-refractivity contribution < 1.29 is 0 Å². The van der Waals surface area contributed by atoms with Gasteiger partial charge in [0.25, 0.3) is 0 Å². The van der Waals surface area contributed by atoms with Crippen molar-refractivity contribution in [3.63, 3.8) is 0 Å². The van der Waals surface area contributed by atoms with Gasteiger partial charge in [-0.05, 0) is 50.9 Å². The number of hydrogen-bond donors (Lipinski definition) is 2. The number of aromatic nitrogens is 1. The highest BCUT2D eigenvalue weighted by Crippen LogP contribution is 2.16. The van der Waals surface area contributed by atoms with Crippen LogP contribution in [0.15, 0.2) is 29.3 Å². The Labute approximate surface area is 160 Å². The average Bonchev–Trinajstić information content (AvgIpc) is 3.25. The largest absolute Gasteiger partial charge is 0.352 e. The molecular formula is C20H29N5S. The minimum Gasteiger partial charge on any atom is -0.352 e. The normalized spacial score (nSPS) is 15.4. The third kappa shape index (κ3) is 5.29. The molecule has 0 saturated carbocycles. The van der Waals surface area contributed by atoms with E-state index in [4.69, 9.17) is 0 Å². The monoisotopic (exact) mass is 371 g/mol. The molecule has 140 valence electrons. The van der Waals surface area contributed by atoms with E-state index in [9.17, 15) is 0 Å². The molecule has 3 rings (SSSR count). The SMILES string of the molecule is CN=C(NCc1ccc(CN2CCCC2)cc1)NCc1sc(C)nc1C. The van der Waals surface area contributed by atoms with Gasteiger partial charge in [0.15, 0.2) is 5.96 Å². The highest BCUT2D eigenvalue weighted by Gasteiger charge is 2.11. The summed E-state index contributed by atoms with van der Waals surface area (Å²) in [5, 5.41) is 7.87. The third-order valence-corrected chi connectivity index (χ3v) is 5.80. The van der Waals surface area contributed by atoms with Gasteiger partial charge in [0.2, 0.25) is 0 Å². The first kappa shape index (κ1) is 18.9. The van der Waals surface area contributed by atoms with Gasteiger partial charge in [-0.1, -0.05) is 24.3 Å². The van der Waals surface area contributed by atoms with Gasteiger partial charge in [-0.25, -0.2) is 4.98 Å². The number of hydrogen-bond acceptors (Lipinski definition) is 4. The highest BCUT2D eigenvalue weighted by molar-refractivity contribution is 7.11. The molecule has 0 aliphatic carbocycles. The smallest absolute Gasteiger partial charge is 0.191 e. The summed E-state index contributed by atoms with van der Waals surface area (Å²) in [7, 11) is 1.80. The number of guanidine groups is 1. The van der Waals surface area contributed by atoms with Crippen LogP contribution in [0.2, 0.25) is 0 Å². The molecule has 1 aromatic carbocycles. The summed E-state index contributed by atoms with van der Waals surface area (Å²) in [6.45, 7) is 9.18. The molecule has 6 heteroatoms. The first-order valence-corrected chi connectivity index (χ1v) is 10.1. The Balaban J connectivity index is 1.46. The number of aryl methyl sites for hydroxylation is 2. The second-order valence-corrected chi connectivity index (χ2v) is 8.11. The number of thiazole rings is 1. The summed E-state index contributed by atoms with van der Waals surface area (Å²) >= 11 is 1.74. The molecule has 2 heterocycles. The molecule has 1 fully saturated rings. The molecule has 2 N–H and O–H groups in total. The Bertz CT molecular complexity index is 729. The van der Waals surface area contributed by atoms with E-state index in [1.165, 1.54) is 41.9 Å². The van der Waals surface area contributed by atoms with E-state index in [2.05, 4.69) is 56.7 Å². The molecule has 0 bridgehead atoms. The highest BCUT2D eigenvalue weighted by atomic mass is 32.1. The molecule has 26 heavy (non-hydrogen) atoms. The molecule has 0 radical (unpaired) electrons. The van der Waals surface area contributed by atoms with Crippen LogP contribution in [0, 0.1) is 13.8 Å². The Hall–Kier alpha value is -1.92. The first-order valence-electron chi connectivity index (χ1n) is 9.31. The van der Waals surface area contributed by atoms with Crippen LogP contribution in [0.3, 0.4) is 0 Å². The van der Waals surface area contributed by atoms with E-state index in [0.29, 0.717) is 0 Å². The van der Waals surface area contributed by atoms with Crippen molar-refractivity contribution in [3.8, 4) is 0 Å². The lowest BCUT2D eigenvalue weighted by Gasteiger charge is -2.15. The maximum Gasteiger partial charge on any atom is 0.191 e. The standard InChI is InChI=1S/C20H29N5S/c1-15-19(26-16(2)24-15)13-23-20(21-3)22-12-17-6-8-18(9-7-17)14-25-10-4-5-11-25/h6-9H,4-5,10-14H2,1-3H3,(H2,21,22,23). The van der Waals surface area contributed by atoms with Crippen LogP contribution in [-0.4, -0.2) is 36.0 Å². The van der Waals surface area contributed by atoms with Crippen molar-refractivity contribution in [1.29, 1.82) is 0 Å². The molecule has 1 aromatic heterocycles. The van der Waals surface area contributed by atoms with Crippen LogP contribution < -0.4 is 10.6 Å². The lowest BCUT2D eigenvalue weighted by atomic mass is 10.1. The van der Waals surface area contributed by atoms with Gasteiger partial charge in [-0.2, -0.15) is 0 Å². The zero-order valence-electron chi connectivity index (χ0n) is 16.0. The van der Waals surface area contributed by atoms with E-state index in [1.54, 1.807) is 18.4 Å². The predicted molar refractivity (Wildman–Crippen MR) is 110 cm³/mol. The lowest BCUT2D eigenvalue weighted by molar-refractivity contribution is 0.331. The van der Waals surface area contributed by atoms with Gasteiger partial charge in [0.1, 0.15) is 0 Å². The number of likely N-dealkylation sites (tertiary alicyclic amines) is 1. The van der Waals surface area contributed by atoms with Crippen LogP contribution in [0.1, 0.15) is 39.5 Å². The molecule has 2 aromatic rings. The van der Waals surface area contributed by atoms with Gasteiger partial charge in [-0.3, -0.25) is 9.89 Å². The fourth-order valence-corrected chi connectivity index (χ4v) is 4.15. The number of benzene rings is 1. The van der Waals surface area contributed by atoms with Gasteiger partial charge < -0.3 is 10.6 Å². The van der Waals surface area contributed by atoms with Crippen molar-refractivity contribution in [3.05, 3.63) is 51.0 Å². The van der Waals surface area contributed by atoms with Crippen LogP contribution in [0.5, 0.6) is 0 Å². The van der Waals surface area contributed by atoms with Crippen molar-refractivity contribution in [2.75, 3.05) is 20.1 Å². The van der Waals surface area contributed by atoms with Crippen LogP contribution in [0.25, 0.3) is 0 Å². The van der Waals surface area contributed by atoms with Crippen molar-refractivity contribution >= 4 is 17.3 Å². The second-order valence-electron chi connectivity index (χ2n) is 6.82. The second kappa shape index (κ2) is 9.14. The van der Waals surface area contributed by atoms with Crippen molar-refractivity contribution in [1.82, 2.24) is 20.5 Å². The first-order chi connectivity index (χ1) is 12.6. The maximum atomic E-state index is 4.47. The Morgan fingerprint density at radius 1 is 1.08 bits per heavy atom. The molecule has 1 aliphatic heterocycles. The van der Waals surface area contributed by atoms with E-state index in [-0.39, 0.29) is 0 Å². The van der Waals surface area contributed by atoms with E-state index in [0.717, 1.165) is 36.3 Å². The third-order valence-electron chi connectivity index (χ3n) is 4.73. The van der Waals surface area contributed by atoms with Gasteiger partial charge in [-0.15, -0.1) is 11.3 Å². The lowest BCUT2D eigenvalue weighted by Crippen LogP contribution is -2.36. The number of nitrogens with one attached hydrogen (secondary N) is 2. The van der Waals surface area contributed by atoms with E-state index >= 15 is 0 Å². The van der Waals surface area contributed by atoms with Crippen LogP contribution in [-0.2, 0) is 19.6 Å². The molecule has 0 unspecified atom stereocenters. The predicted octanol–water partition coefficient (Wildman–Crippen LogP) is 3.22. The summed E-state index contributed by atoms with van der Waals surface area (Å²) in [5.74, 6) is 0.816. The average molecular weight is 372 g/mol. The molecule has 1 aliphatic rings. The zero-order chi connectivity index (χ0) is 18.4. The summed E-state index contributed by atoms with van der Waals surface area (Å²) < 4.78 is 0. The zero-order valence-corrected chi connectivity index (χ0v) is 16.8. The number of nitrogens with zero attached hydrogens (tertiary/aromatic N) is 3. The minimum absolute atomic E-state index is 0.756. The number of rotatable bonds is 6. The van der Waals surface area contributed by atoms with E-state index in [1.807, 2.05) is 6.92 Å². The maximum absolute atomic E-state index is 4.47. The minimum atomic E-state index is 0.756. The Kier molecular flexibility index (Phi) is 6.63.